The standard InChI is InChI=1S/C19H27N5O4/c1-13(25)22-5-3-16(4-6-22)20-17-11-15(19(27)28)12-18(21-17)24-9-7-23(8-10-24)14(2)26/h11-12,16H,3-10H2,1-2H3,(H,20,21)(H,27,28). The third-order valence-electron chi connectivity index (χ3n) is 5.40. The topological polar surface area (TPSA) is 106 Å². The number of hydrogen-bond donors (Lipinski definition) is 2. The van der Waals surface area contributed by atoms with Crippen LogP contribution in [0, 0.1) is 0 Å². The van der Waals surface area contributed by atoms with Crippen molar-refractivity contribution in [2.75, 3.05) is 49.5 Å². The highest BCUT2D eigenvalue weighted by molar-refractivity contribution is 5.89. The van der Waals surface area contributed by atoms with Gasteiger partial charge in [-0.05, 0) is 25.0 Å². The van der Waals surface area contributed by atoms with Crippen molar-refractivity contribution in [1.82, 2.24) is 14.8 Å². The fraction of sp³-hybridized carbons (Fsp3) is 0.579. The van der Waals surface area contributed by atoms with Gasteiger partial charge in [0.05, 0.1) is 5.56 Å². The van der Waals surface area contributed by atoms with Crippen LogP contribution in [0.25, 0.3) is 0 Å². The summed E-state index contributed by atoms with van der Waals surface area (Å²) in [6.45, 7) is 6.93. The molecule has 1 aromatic rings. The normalized spacial score (nSPS) is 18.1. The smallest absolute Gasteiger partial charge is 0.335 e. The Labute approximate surface area is 164 Å². The summed E-state index contributed by atoms with van der Waals surface area (Å²) in [5.74, 6) is 0.264. The van der Waals surface area contributed by atoms with E-state index in [1.807, 2.05) is 9.80 Å². The lowest BCUT2D eigenvalue weighted by Gasteiger charge is -2.35. The number of carbonyl (C=O) groups is 3. The van der Waals surface area contributed by atoms with Gasteiger partial charge in [-0.2, -0.15) is 0 Å². The number of rotatable bonds is 4. The molecule has 9 heteroatoms. The molecule has 152 valence electrons. The van der Waals surface area contributed by atoms with Crippen LogP contribution in [-0.2, 0) is 9.59 Å². The van der Waals surface area contributed by atoms with Crippen LogP contribution in [0.4, 0.5) is 11.6 Å². The second-order valence-corrected chi connectivity index (χ2v) is 7.32. The Morgan fingerprint density at radius 1 is 0.964 bits per heavy atom. The van der Waals surface area contributed by atoms with Crippen molar-refractivity contribution in [3.63, 3.8) is 0 Å². The molecule has 28 heavy (non-hydrogen) atoms. The van der Waals surface area contributed by atoms with Crippen molar-refractivity contribution < 1.29 is 19.5 Å². The van der Waals surface area contributed by atoms with E-state index in [0.717, 1.165) is 12.8 Å². The quantitative estimate of drug-likeness (QED) is 0.787. The minimum absolute atomic E-state index is 0.0474. The molecule has 0 unspecified atom stereocenters. The van der Waals surface area contributed by atoms with E-state index in [0.29, 0.717) is 50.9 Å². The molecule has 2 fully saturated rings. The van der Waals surface area contributed by atoms with Crippen molar-refractivity contribution in [2.45, 2.75) is 32.7 Å². The highest BCUT2D eigenvalue weighted by atomic mass is 16.4. The van der Waals surface area contributed by atoms with Gasteiger partial charge in [-0.3, -0.25) is 9.59 Å². The first kappa shape index (κ1) is 19.9. The van der Waals surface area contributed by atoms with Crippen LogP contribution in [0.15, 0.2) is 12.1 Å². The summed E-state index contributed by atoms with van der Waals surface area (Å²) in [6.07, 6.45) is 1.59. The summed E-state index contributed by atoms with van der Waals surface area (Å²) in [5.41, 5.74) is 0.183. The number of nitrogens with one attached hydrogen (secondary N) is 1. The van der Waals surface area contributed by atoms with Crippen LogP contribution in [0.2, 0.25) is 0 Å². The van der Waals surface area contributed by atoms with Gasteiger partial charge in [0, 0.05) is 59.2 Å². The van der Waals surface area contributed by atoms with Crippen molar-refractivity contribution in [2.24, 2.45) is 0 Å². The SMILES string of the molecule is CC(=O)N1CCC(Nc2cc(C(=O)O)cc(N3CCN(C(C)=O)CC3)n2)CC1. The minimum atomic E-state index is -1.000. The number of carbonyl (C=O) groups excluding carboxylic acids is 2. The number of piperidine rings is 1. The molecule has 3 rings (SSSR count). The fourth-order valence-corrected chi connectivity index (χ4v) is 3.67. The van der Waals surface area contributed by atoms with Gasteiger partial charge in [0.1, 0.15) is 11.6 Å². The molecular weight excluding hydrogens is 362 g/mol. The molecule has 0 atom stereocenters. The predicted octanol–water partition coefficient (Wildman–Crippen LogP) is 0.871. The maximum atomic E-state index is 11.6. The number of aromatic carboxylic acids is 1. The lowest BCUT2D eigenvalue weighted by molar-refractivity contribution is -0.130. The maximum absolute atomic E-state index is 11.6. The Morgan fingerprint density at radius 3 is 2.07 bits per heavy atom. The molecule has 0 spiro atoms. The van der Waals surface area contributed by atoms with E-state index in [1.165, 1.54) is 0 Å². The van der Waals surface area contributed by atoms with E-state index in [4.69, 9.17) is 0 Å². The predicted molar refractivity (Wildman–Crippen MR) is 105 cm³/mol. The third-order valence-corrected chi connectivity index (χ3v) is 5.40. The Bertz CT molecular complexity index is 753. The Kier molecular flexibility index (Phi) is 6.01. The van der Waals surface area contributed by atoms with Crippen LogP contribution in [0.1, 0.15) is 37.0 Å². The van der Waals surface area contributed by atoms with Gasteiger partial charge in [0.15, 0.2) is 0 Å². The summed E-state index contributed by atoms with van der Waals surface area (Å²) in [5, 5.41) is 12.8. The summed E-state index contributed by atoms with van der Waals surface area (Å²) in [4.78, 5) is 44.8. The zero-order valence-corrected chi connectivity index (χ0v) is 16.3. The number of pyridine rings is 1. The summed E-state index contributed by atoms with van der Waals surface area (Å²) >= 11 is 0. The van der Waals surface area contributed by atoms with Gasteiger partial charge >= 0.3 is 5.97 Å². The van der Waals surface area contributed by atoms with E-state index in [-0.39, 0.29) is 23.4 Å². The summed E-state index contributed by atoms with van der Waals surface area (Å²) in [7, 11) is 0. The molecular formula is C19H27N5O4. The maximum Gasteiger partial charge on any atom is 0.335 e. The average Bonchev–Trinajstić information content (AvgIpc) is 2.68. The number of aromatic nitrogens is 1. The van der Waals surface area contributed by atoms with Gasteiger partial charge in [0.25, 0.3) is 0 Å². The van der Waals surface area contributed by atoms with Gasteiger partial charge in [-0.25, -0.2) is 9.78 Å². The zero-order chi connectivity index (χ0) is 20.3. The Morgan fingerprint density at radius 2 is 1.54 bits per heavy atom. The fourth-order valence-electron chi connectivity index (χ4n) is 3.67. The minimum Gasteiger partial charge on any atom is -0.478 e. The van der Waals surface area contributed by atoms with E-state index >= 15 is 0 Å². The molecule has 3 heterocycles. The Hall–Kier alpha value is -2.84. The average molecular weight is 389 g/mol. The molecule has 0 aromatic carbocycles. The van der Waals surface area contributed by atoms with Crippen LogP contribution >= 0.6 is 0 Å². The van der Waals surface area contributed by atoms with Gasteiger partial charge < -0.3 is 25.1 Å². The number of hydrogen-bond acceptors (Lipinski definition) is 6. The largest absolute Gasteiger partial charge is 0.478 e. The lowest BCUT2D eigenvalue weighted by Crippen LogP contribution is -2.48. The number of piperazine rings is 1. The van der Waals surface area contributed by atoms with Gasteiger partial charge in [-0.15, -0.1) is 0 Å². The molecule has 9 nitrogen and oxygen atoms in total. The number of amides is 2. The van der Waals surface area contributed by atoms with E-state index in [9.17, 15) is 19.5 Å². The molecule has 1 aromatic heterocycles. The van der Waals surface area contributed by atoms with E-state index < -0.39 is 5.97 Å². The molecule has 2 aliphatic heterocycles. The van der Waals surface area contributed by atoms with Crippen molar-refractivity contribution in [3.05, 3.63) is 17.7 Å². The van der Waals surface area contributed by atoms with Crippen molar-refractivity contribution in [1.29, 1.82) is 0 Å². The molecule has 2 aliphatic rings. The first-order chi connectivity index (χ1) is 13.3. The highest BCUT2D eigenvalue weighted by Crippen LogP contribution is 2.22. The lowest BCUT2D eigenvalue weighted by atomic mass is 10.0. The number of carboxylic acids is 1. The van der Waals surface area contributed by atoms with E-state index in [1.54, 1.807) is 30.9 Å². The van der Waals surface area contributed by atoms with Crippen molar-refractivity contribution >= 4 is 29.4 Å². The monoisotopic (exact) mass is 389 g/mol. The summed E-state index contributed by atoms with van der Waals surface area (Å²) < 4.78 is 0. The second-order valence-electron chi connectivity index (χ2n) is 7.32. The first-order valence-corrected chi connectivity index (χ1v) is 9.61. The van der Waals surface area contributed by atoms with Crippen LogP contribution in [-0.4, -0.2) is 83.0 Å². The van der Waals surface area contributed by atoms with E-state index in [2.05, 4.69) is 10.3 Å². The molecule has 0 aliphatic carbocycles. The van der Waals surface area contributed by atoms with Crippen molar-refractivity contribution in [3.8, 4) is 0 Å². The number of nitrogens with zero attached hydrogens (tertiary/aromatic N) is 4. The summed E-state index contributed by atoms with van der Waals surface area (Å²) in [6, 6.07) is 3.28. The molecule has 2 saturated heterocycles. The van der Waals surface area contributed by atoms with Crippen LogP contribution < -0.4 is 10.2 Å². The van der Waals surface area contributed by atoms with Gasteiger partial charge in [0.2, 0.25) is 11.8 Å². The second kappa shape index (κ2) is 8.45. The van der Waals surface area contributed by atoms with Crippen LogP contribution in [0.5, 0.6) is 0 Å². The number of carboxylic acid groups (broad SMARTS) is 1. The zero-order valence-electron chi connectivity index (χ0n) is 16.3. The number of likely N-dealkylation sites (tertiary alicyclic amines) is 1. The third kappa shape index (κ3) is 4.71. The first-order valence-electron chi connectivity index (χ1n) is 9.61. The van der Waals surface area contributed by atoms with Crippen LogP contribution in [0.3, 0.4) is 0 Å². The Balaban J connectivity index is 1.71. The molecule has 0 bridgehead atoms. The molecule has 2 N–H and O–H groups in total. The molecule has 0 saturated carbocycles. The highest BCUT2D eigenvalue weighted by Gasteiger charge is 2.23. The molecule has 0 radical (unpaired) electrons. The molecule has 2 amide bonds. The number of anilines is 2. The van der Waals surface area contributed by atoms with Gasteiger partial charge in [-0.1, -0.05) is 0 Å².